The Balaban J connectivity index is 1.82. The van der Waals surface area contributed by atoms with Crippen LogP contribution in [0.4, 0.5) is 5.69 Å². The van der Waals surface area contributed by atoms with E-state index in [0.717, 1.165) is 33.1 Å². The zero-order valence-electron chi connectivity index (χ0n) is 17.1. The molecule has 1 aromatic carbocycles. The summed E-state index contributed by atoms with van der Waals surface area (Å²) in [7, 11) is 0. The summed E-state index contributed by atoms with van der Waals surface area (Å²) in [6.07, 6.45) is 0. The highest BCUT2D eigenvalue weighted by Gasteiger charge is 2.18. The number of thiazole rings is 1. The van der Waals surface area contributed by atoms with Gasteiger partial charge in [-0.05, 0) is 51.1 Å². The third-order valence-electron chi connectivity index (χ3n) is 4.42. The first kappa shape index (κ1) is 19.9. The average molecular weight is 423 g/mol. The van der Waals surface area contributed by atoms with Gasteiger partial charge in [-0.2, -0.15) is 5.10 Å². The van der Waals surface area contributed by atoms with Crippen LogP contribution in [0.15, 0.2) is 62.4 Å². The molecule has 0 saturated carbocycles. The third-order valence-corrected chi connectivity index (χ3v) is 5.28. The van der Waals surface area contributed by atoms with Crippen molar-refractivity contribution in [2.45, 2.75) is 20.8 Å². The van der Waals surface area contributed by atoms with Gasteiger partial charge in [0, 0.05) is 10.9 Å². The molecule has 30 heavy (non-hydrogen) atoms. The number of carbonyl (C=O) groups is 1. The van der Waals surface area contributed by atoms with Crippen LogP contribution in [0.25, 0.3) is 11.3 Å². The maximum atomic E-state index is 11.7. The van der Waals surface area contributed by atoms with Crippen molar-refractivity contribution >= 4 is 28.6 Å². The molecule has 3 aromatic rings. The predicted octanol–water partition coefficient (Wildman–Crippen LogP) is 4.20. The maximum Gasteiger partial charge on any atom is 0.262 e. The third kappa shape index (κ3) is 4.13. The Morgan fingerprint density at radius 2 is 2.13 bits per heavy atom. The number of fused-ring (bicyclic) bond motifs is 1. The number of rotatable bonds is 5. The van der Waals surface area contributed by atoms with Gasteiger partial charge in [0.05, 0.1) is 17.9 Å². The summed E-state index contributed by atoms with van der Waals surface area (Å²) >= 11 is 1.49. The van der Waals surface area contributed by atoms with Crippen molar-refractivity contribution in [1.29, 1.82) is 0 Å². The molecule has 1 amide bonds. The van der Waals surface area contributed by atoms with E-state index < -0.39 is 0 Å². The van der Waals surface area contributed by atoms with E-state index >= 15 is 0 Å². The fraction of sp³-hybridized carbons (Fsp3) is 0.227. The van der Waals surface area contributed by atoms with Crippen LogP contribution < -0.4 is 14.9 Å². The SMILES string of the molecule is C=C(C)CN=c1scc(-c2ccc3c(c2)NC(=O)CO3)n1N=C(C)c1ccc(C)o1. The first-order chi connectivity index (χ1) is 14.4. The molecule has 4 rings (SSSR count). The number of aryl methyl sites for hydroxylation is 1. The topological polar surface area (TPSA) is 81.1 Å². The van der Waals surface area contributed by atoms with E-state index in [4.69, 9.17) is 14.3 Å². The van der Waals surface area contributed by atoms with Crippen molar-refractivity contribution in [2.75, 3.05) is 18.5 Å². The summed E-state index contributed by atoms with van der Waals surface area (Å²) in [4.78, 5) is 17.1. The number of ether oxygens (including phenoxy) is 1. The van der Waals surface area contributed by atoms with Gasteiger partial charge in [-0.15, -0.1) is 11.3 Å². The summed E-state index contributed by atoms with van der Waals surface area (Å²) in [5, 5.41) is 9.64. The molecule has 0 unspecified atom stereocenters. The van der Waals surface area contributed by atoms with E-state index in [1.54, 1.807) is 4.68 Å². The van der Waals surface area contributed by atoms with Gasteiger partial charge in [-0.1, -0.05) is 12.2 Å². The number of anilines is 1. The number of benzene rings is 1. The first-order valence-electron chi connectivity index (χ1n) is 9.45. The van der Waals surface area contributed by atoms with Crippen molar-refractivity contribution in [2.24, 2.45) is 10.1 Å². The smallest absolute Gasteiger partial charge is 0.262 e. The van der Waals surface area contributed by atoms with Crippen LogP contribution in [-0.2, 0) is 4.79 Å². The average Bonchev–Trinajstić information content (AvgIpc) is 3.32. The number of hydrogen-bond acceptors (Lipinski definition) is 6. The van der Waals surface area contributed by atoms with Gasteiger partial charge < -0.3 is 14.5 Å². The Labute approximate surface area is 178 Å². The maximum absolute atomic E-state index is 11.7. The monoisotopic (exact) mass is 422 g/mol. The fourth-order valence-electron chi connectivity index (χ4n) is 2.98. The Morgan fingerprint density at radius 3 is 2.87 bits per heavy atom. The van der Waals surface area contributed by atoms with E-state index in [1.807, 2.05) is 56.5 Å². The van der Waals surface area contributed by atoms with E-state index in [0.29, 0.717) is 23.7 Å². The van der Waals surface area contributed by atoms with Gasteiger partial charge in [-0.25, -0.2) is 4.68 Å². The van der Waals surface area contributed by atoms with Gasteiger partial charge in [0.15, 0.2) is 6.61 Å². The highest BCUT2D eigenvalue weighted by atomic mass is 32.1. The second-order valence-electron chi connectivity index (χ2n) is 7.13. The lowest BCUT2D eigenvalue weighted by molar-refractivity contribution is -0.118. The normalized spacial score (nSPS) is 14.3. The molecule has 7 nitrogen and oxygen atoms in total. The van der Waals surface area contributed by atoms with Gasteiger partial charge in [-0.3, -0.25) is 9.79 Å². The molecule has 1 aliphatic heterocycles. The molecule has 8 heteroatoms. The lowest BCUT2D eigenvalue weighted by Gasteiger charge is -2.18. The number of hydrogen-bond donors (Lipinski definition) is 1. The second-order valence-corrected chi connectivity index (χ2v) is 7.97. The lowest BCUT2D eigenvalue weighted by atomic mass is 10.1. The lowest BCUT2D eigenvalue weighted by Crippen LogP contribution is -2.25. The minimum atomic E-state index is -0.169. The molecule has 0 saturated heterocycles. The van der Waals surface area contributed by atoms with Crippen LogP contribution in [0.1, 0.15) is 25.4 Å². The number of nitrogens with zero attached hydrogens (tertiary/aromatic N) is 3. The van der Waals surface area contributed by atoms with Crippen LogP contribution in [0.5, 0.6) is 5.75 Å². The number of carbonyl (C=O) groups excluding carboxylic acids is 1. The number of aromatic nitrogens is 1. The first-order valence-corrected chi connectivity index (χ1v) is 10.3. The molecular weight excluding hydrogens is 400 g/mol. The summed E-state index contributed by atoms with van der Waals surface area (Å²) in [5.74, 6) is 2.01. The molecule has 0 aliphatic carbocycles. The molecule has 0 spiro atoms. The van der Waals surface area contributed by atoms with Gasteiger partial charge in [0.25, 0.3) is 5.91 Å². The van der Waals surface area contributed by atoms with Crippen molar-refractivity contribution in [3.05, 3.63) is 64.2 Å². The van der Waals surface area contributed by atoms with Crippen LogP contribution in [-0.4, -0.2) is 29.4 Å². The van der Waals surface area contributed by atoms with Crippen LogP contribution in [0.2, 0.25) is 0 Å². The largest absolute Gasteiger partial charge is 0.482 e. The zero-order valence-corrected chi connectivity index (χ0v) is 17.9. The van der Waals surface area contributed by atoms with Crippen molar-refractivity contribution in [3.63, 3.8) is 0 Å². The Bertz CT molecular complexity index is 1230. The van der Waals surface area contributed by atoms with Crippen molar-refractivity contribution in [3.8, 4) is 17.0 Å². The minimum absolute atomic E-state index is 0.0286. The molecule has 0 atom stereocenters. The molecule has 1 aliphatic rings. The number of amides is 1. The highest BCUT2D eigenvalue weighted by molar-refractivity contribution is 7.07. The Hall–Kier alpha value is -3.39. The van der Waals surface area contributed by atoms with Gasteiger partial charge in [0.1, 0.15) is 23.0 Å². The second kappa shape index (κ2) is 8.16. The molecule has 154 valence electrons. The van der Waals surface area contributed by atoms with Crippen LogP contribution in [0, 0.1) is 6.92 Å². The fourth-order valence-corrected chi connectivity index (χ4v) is 3.81. The highest BCUT2D eigenvalue weighted by Crippen LogP contribution is 2.33. The molecule has 0 fully saturated rings. The summed E-state index contributed by atoms with van der Waals surface area (Å²) in [6, 6.07) is 9.49. The Morgan fingerprint density at radius 1 is 1.30 bits per heavy atom. The van der Waals surface area contributed by atoms with Crippen molar-refractivity contribution in [1.82, 2.24) is 4.68 Å². The molecule has 1 N–H and O–H groups in total. The van der Waals surface area contributed by atoms with E-state index in [1.165, 1.54) is 11.3 Å². The number of nitrogens with one attached hydrogen (secondary N) is 1. The van der Waals surface area contributed by atoms with E-state index in [2.05, 4.69) is 16.9 Å². The van der Waals surface area contributed by atoms with Gasteiger partial charge >= 0.3 is 0 Å². The van der Waals surface area contributed by atoms with Gasteiger partial charge in [0.2, 0.25) is 4.80 Å². The van der Waals surface area contributed by atoms with E-state index in [9.17, 15) is 4.79 Å². The molecule has 2 aromatic heterocycles. The standard InChI is InChI=1S/C22H22N4O3S/c1-13(2)10-23-22-26(25-15(4)19-7-5-14(3)29-19)18(12-30-22)16-6-8-20-17(9-16)24-21(27)11-28-20/h5-9,12H,1,10-11H2,2-4H3,(H,24,27). The molecule has 3 heterocycles. The predicted molar refractivity (Wildman–Crippen MR) is 118 cm³/mol. The minimum Gasteiger partial charge on any atom is -0.482 e. The van der Waals surface area contributed by atoms with E-state index in [-0.39, 0.29) is 12.5 Å². The zero-order chi connectivity index (χ0) is 21.3. The van der Waals surface area contributed by atoms with Crippen LogP contribution in [0.3, 0.4) is 0 Å². The molecule has 0 radical (unpaired) electrons. The molecule has 0 bridgehead atoms. The van der Waals surface area contributed by atoms with Crippen molar-refractivity contribution < 1.29 is 13.9 Å². The summed E-state index contributed by atoms with van der Waals surface area (Å²) in [6.45, 7) is 10.2. The molecular formula is C22H22N4O3S. The van der Waals surface area contributed by atoms with Crippen LogP contribution >= 0.6 is 11.3 Å². The summed E-state index contributed by atoms with van der Waals surface area (Å²) < 4.78 is 13.0. The number of furan rings is 1. The summed E-state index contributed by atoms with van der Waals surface area (Å²) in [5.41, 5.74) is 4.08. The Kier molecular flexibility index (Phi) is 5.41. The quantitative estimate of drug-likeness (QED) is 0.494.